The van der Waals surface area contributed by atoms with Crippen molar-refractivity contribution >= 4 is 5.69 Å². The highest BCUT2D eigenvalue weighted by molar-refractivity contribution is 5.48. The monoisotopic (exact) mass is 196 g/mol. The van der Waals surface area contributed by atoms with Crippen LogP contribution in [0.4, 0.5) is 5.69 Å². The molecule has 0 atom stereocenters. The molecule has 5 heteroatoms. The van der Waals surface area contributed by atoms with Gasteiger partial charge in [0.2, 0.25) is 0 Å². The molecule has 14 heavy (non-hydrogen) atoms. The Morgan fingerprint density at radius 1 is 1.57 bits per heavy atom. The van der Waals surface area contributed by atoms with Crippen LogP contribution in [0.3, 0.4) is 0 Å². The molecule has 0 saturated carbocycles. The van der Waals surface area contributed by atoms with Crippen molar-refractivity contribution in [1.29, 1.82) is 0 Å². The van der Waals surface area contributed by atoms with Gasteiger partial charge in [0.15, 0.2) is 0 Å². The van der Waals surface area contributed by atoms with E-state index >= 15 is 0 Å². The van der Waals surface area contributed by atoms with Crippen molar-refractivity contribution in [2.45, 2.75) is 6.92 Å². The van der Waals surface area contributed by atoms with E-state index in [2.05, 4.69) is 0 Å². The summed E-state index contributed by atoms with van der Waals surface area (Å²) in [5.41, 5.74) is 5.87. The molecule has 0 aliphatic heterocycles. The third-order valence-electron chi connectivity index (χ3n) is 1.83. The van der Waals surface area contributed by atoms with E-state index in [0.29, 0.717) is 24.5 Å². The number of ether oxygens (including phenoxy) is 1. The maximum Gasteiger partial charge on any atom is 0.276 e. The van der Waals surface area contributed by atoms with Crippen molar-refractivity contribution in [1.82, 2.24) is 0 Å². The Bertz CT molecular complexity index is 339. The zero-order valence-corrected chi connectivity index (χ0v) is 7.90. The van der Waals surface area contributed by atoms with Crippen molar-refractivity contribution in [3.8, 4) is 5.75 Å². The van der Waals surface area contributed by atoms with Crippen LogP contribution < -0.4 is 10.5 Å². The summed E-state index contributed by atoms with van der Waals surface area (Å²) in [4.78, 5) is 10.1. The Labute approximate surface area is 81.6 Å². The molecule has 0 saturated heterocycles. The first-order valence-electron chi connectivity index (χ1n) is 4.23. The van der Waals surface area contributed by atoms with Crippen molar-refractivity contribution in [2.24, 2.45) is 5.73 Å². The van der Waals surface area contributed by atoms with E-state index in [4.69, 9.17) is 10.5 Å². The molecule has 0 amide bonds. The minimum atomic E-state index is -0.426. The second-order valence-electron chi connectivity index (χ2n) is 2.79. The number of benzene rings is 1. The predicted molar refractivity (Wildman–Crippen MR) is 52.4 cm³/mol. The molecule has 0 aromatic heterocycles. The molecule has 5 nitrogen and oxygen atoms in total. The van der Waals surface area contributed by atoms with E-state index in [1.165, 1.54) is 6.07 Å². The second-order valence-corrected chi connectivity index (χ2v) is 2.79. The summed E-state index contributed by atoms with van der Waals surface area (Å²) in [7, 11) is 0. The fraction of sp³-hybridized carbons (Fsp3) is 0.333. The van der Waals surface area contributed by atoms with E-state index in [0.717, 1.165) is 0 Å². The van der Waals surface area contributed by atoms with Crippen LogP contribution in [0.2, 0.25) is 0 Å². The van der Waals surface area contributed by atoms with Crippen molar-refractivity contribution in [3.63, 3.8) is 0 Å². The van der Waals surface area contributed by atoms with Crippen LogP contribution in [0, 0.1) is 17.0 Å². The molecule has 0 aliphatic rings. The van der Waals surface area contributed by atoms with Crippen LogP contribution in [0.25, 0.3) is 0 Å². The Kier molecular flexibility index (Phi) is 3.41. The van der Waals surface area contributed by atoms with Gasteiger partial charge in [-0.15, -0.1) is 0 Å². The molecule has 1 aromatic carbocycles. The van der Waals surface area contributed by atoms with E-state index < -0.39 is 4.92 Å². The highest BCUT2D eigenvalue weighted by atomic mass is 16.6. The van der Waals surface area contributed by atoms with Crippen LogP contribution in [0.1, 0.15) is 5.56 Å². The Morgan fingerprint density at radius 3 is 2.86 bits per heavy atom. The molecule has 1 rings (SSSR count). The van der Waals surface area contributed by atoms with Gasteiger partial charge in [-0.25, -0.2) is 0 Å². The largest absolute Gasteiger partial charge is 0.492 e. The van der Waals surface area contributed by atoms with Crippen LogP contribution in [0.15, 0.2) is 18.2 Å². The van der Waals surface area contributed by atoms with Gasteiger partial charge in [-0.2, -0.15) is 0 Å². The fourth-order valence-electron chi connectivity index (χ4n) is 1.13. The zero-order valence-electron chi connectivity index (χ0n) is 7.90. The van der Waals surface area contributed by atoms with Crippen molar-refractivity contribution in [3.05, 3.63) is 33.9 Å². The number of hydrogen-bond acceptors (Lipinski definition) is 4. The molecule has 1 aromatic rings. The standard InChI is InChI=1S/C9H12N2O3/c1-7-8(11(12)13)3-2-4-9(7)14-6-5-10/h2-4H,5-6,10H2,1H3. The summed E-state index contributed by atoms with van der Waals surface area (Å²) in [6.07, 6.45) is 0. The lowest BCUT2D eigenvalue weighted by molar-refractivity contribution is -0.385. The van der Waals surface area contributed by atoms with Crippen LogP contribution >= 0.6 is 0 Å². The van der Waals surface area contributed by atoms with Gasteiger partial charge < -0.3 is 10.5 Å². The van der Waals surface area contributed by atoms with Gasteiger partial charge in [-0.1, -0.05) is 6.07 Å². The van der Waals surface area contributed by atoms with Crippen molar-refractivity contribution < 1.29 is 9.66 Å². The van der Waals surface area contributed by atoms with Crippen LogP contribution in [-0.2, 0) is 0 Å². The number of hydrogen-bond donors (Lipinski definition) is 1. The van der Waals surface area contributed by atoms with E-state index in [1.807, 2.05) is 0 Å². The summed E-state index contributed by atoms with van der Waals surface area (Å²) < 4.78 is 5.25. The third kappa shape index (κ3) is 2.20. The molecule has 2 N–H and O–H groups in total. The summed E-state index contributed by atoms with van der Waals surface area (Å²) in [6, 6.07) is 4.74. The van der Waals surface area contributed by atoms with Gasteiger partial charge in [0.25, 0.3) is 5.69 Å². The molecule has 0 heterocycles. The molecule has 0 bridgehead atoms. The molecule has 0 aliphatic carbocycles. The second kappa shape index (κ2) is 4.57. The van der Waals surface area contributed by atoms with Gasteiger partial charge >= 0.3 is 0 Å². The summed E-state index contributed by atoms with van der Waals surface area (Å²) in [5.74, 6) is 0.518. The van der Waals surface area contributed by atoms with Crippen LogP contribution in [0.5, 0.6) is 5.75 Å². The summed E-state index contributed by atoms with van der Waals surface area (Å²) in [6.45, 7) is 2.41. The smallest absolute Gasteiger partial charge is 0.276 e. The lowest BCUT2D eigenvalue weighted by Gasteiger charge is -2.07. The number of rotatable bonds is 4. The zero-order chi connectivity index (χ0) is 10.6. The minimum Gasteiger partial charge on any atom is -0.492 e. The molecule has 76 valence electrons. The number of nitro groups is 1. The average molecular weight is 196 g/mol. The molecule has 0 spiro atoms. The SMILES string of the molecule is Cc1c(OCCN)cccc1[N+](=O)[O-]. The first kappa shape index (κ1) is 10.5. The van der Waals surface area contributed by atoms with Gasteiger partial charge in [-0.3, -0.25) is 10.1 Å². The highest BCUT2D eigenvalue weighted by Crippen LogP contribution is 2.26. The maximum atomic E-state index is 10.6. The lowest BCUT2D eigenvalue weighted by atomic mass is 10.2. The molecule has 0 fully saturated rings. The van der Waals surface area contributed by atoms with E-state index in [-0.39, 0.29) is 5.69 Å². The van der Waals surface area contributed by atoms with Gasteiger partial charge in [0.1, 0.15) is 12.4 Å². The van der Waals surface area contributed by atoms with Gasteiger partial charge in [0.05, 0.1) is 10.5 Å². The molecule has 0 unspecified atom stereocenters. The minimum absolute atomic E-state index is 0.0690. The highest BCUT2D eigenvalue weighted by Gasteiger charge is 2.13. The number of nitro benzene ring substituents is 1. The average Bonchev–Trinajstić information content (AvgIpc) is 2.16. The molecular weight excluding hydrogens is 184 g/mol. The third-order valence-corrected chi connectivity index (χ3v) is 1.83. The molecule has 0 radical (unpaired) electrons. The maximum absolute atomic E-state index is 10.6. The summed E-state index contributed by atoms with van der Waals surface area (Å²) >= 11 is 0. The first-order valence-corrected chi connectivity index (χ1v) is 4.23. The van der Waals surface area contributed by atoms with Crippen LogP contribution in [-0.4, -0.2) is 18.1 Å². The van der Waals surface area contributed by atoms with Crippen molar-refractivity contribution in [2.75, 3.05) is 13.2 Å². The molecular formula is C9H12N2O3. The normalized spacial score (nSPS) is 9.86. The Hall–Kier alpha value is -1.62. The predicted octanol–water partition coefficient (Wildman–Crippen LogP) is 1.24. The Balaban J connectivity index is 2.95. The Morgan fingerprint density at radius 2 is 2.29 bits per heavy atom. The first-order chi connectivity index (χ1) is 6.66. The number of nitrogens with two attached hydrogens (primary N) is 1. The van der Waals surface area contributed by atoms with Gasteiger partial charge in [-0.05, 0) is 13.0 Å². The summed E-state index contributed by atoms with van der Waals surface area (Å²) in [5, 5.41) is 10.6. The van der Waals surface area contributed by atoms with E-state index in [9.17, 15) is 10.1 Å². The van der Waals surface area contributed by atoms with E-state index in [1.54, 1.807) is 19.1 Å². The topological polar surface area (TPSA) is 78.4 Å². The lowest BCUT2D eigenvalue weighted by Crippen LogP contribution is -2.11. The number of nitrogens with zero attached hydrogens (tertiary/aromatic N) is 1. The fourth-order valence-corrected chi connectivity index (χ4v) is 1.13. The quantitative estimate of drug-likeness (QED) is 0.580. The van der Waals surface area contributed by atoms with Gasteiger partial charge in [0, 0.05) is 12.6 Å².